The van der Waals surface area contributed by atoms with Gasteiger partial charge in [-0.05, 0) is 34.5 Å². The highest BCUT2D eigenvalue weighted by Gasteiger charge is 2.25. The Balaban J connectivity index is 2.37. The second-order valence-corrected chi connectivity index (χ2v) is 5.47. The standard InChI is InChI=1S/C14H17BrN2O4/c1-20-9-6-10(13(21-2)11(15)7-9)14(19)17-5-3-4-16-12(18)8-17/h6-7H,3-5,8H2,1-2H3,(H,16,18). The van der Waals surface area contributed by atoms with Crippen molar-refractivity contribution in [2.24, 2.45) is 0 Å². The predicted molar refractivity (Wildman–Crippen MR) is 80.8 cm³/mol. The van der Waals surface area contributed by atoms with Crippen molar-refractivity contribution >= 4 is 27.7 Å². The van der Waals surface area contributed by atoms with Crippen molar-refractivity contribution in [3.05, 3.63) is 22.2 Å². The Hall–Kier alpha value is -1.76. The third-order valence-electron chi connectivity index (χ3n) is 3.24. The molecule has 2 rings (SSSR count). The Labute approximate surface area is 131 Å². The van der Waals surface area contributed by atoms with Crippen molar-refractivity contribution in [3.8, 4) is 11.5 Å². The minimum atomic E-state index is -0.247. The summed E-state index contributed by atoms with van der Waals surface area (Å²) in [6.45, 7) is 1.16. The molecule has 1 heterocycles. The van der Waals surface area contributed by atoms with Crippen LogP contribution in [0, 0.1) is 0 Å². The van der Waals surface area contributed by atoms with Gasteiger partial charge in [0.05, 0.1) is 30.8 Å². The number of rotatable bonds is 3. The van der Waals surface area contributed by atoms with Crippen LogP contribution in [-0.2, 0) is 4.79 Å². The molecule has 0 radical (unpaired) electrons. The first-order valence-electron chi connectivity index (χ1n) is 6.54. The molecule has 1 aromatic carbocycles. The maximum Gasteiger partial charge on any atom is 0.258 e. The smallest absolute Gasteiger partial charge is 0.258 e. The lowest BCUT2D eigenvalue weighted by Crippen LogP contribution is -2.37. The molecule has 0 aromatic heterocycles. The van der Waals surface area contributed by atoms with E-state index in [0.717, 1.165) is 6.42 Å². The summed E-state index contributed by atoms with van der Waals surface area (Å²) in [6.07, 6.45) is 0.727. The zero-order chi connectivity index (χ0) is 15.4. The lowest BCUT2D eigenvalue weighted by molar-refractivity contribution is -0.121. The predicted octanol–water partition coefficient (Wildman–Crippen LogP) is 1.43. The third kappa shape index (κ3) is 3.47. The normalized spacial score (nSPS) is 15.2. The number of benzene rings is 1. The lowest BCUT2D eigenvalue weighted by atomic mass is 10.1. The molecule has 2 amide bonds. The number of carbonyl (C=O) groups excluding carboxylic acids is 2. The van der Waals surface area contributed by atoms with Crippen molar-refractivity contribution in [1.29, 1.82) is 0 Å². The molecule has 0 spiro atoms. The highest BCUT2D eigenvalue weighted by molar-refractivity contribution is 9.10. The van der Waals surface area contributed by atoms with E-state index < -0.39 is 0 Å². The van der Waals surface area contributed by atoms with Crippen molar-refractivity contribution in [1.82, 2.24) is 10.2 Å². The molecule has 6 nitrogen and oxygen atoms in total. The van der Waals surface area contributed by atoms with E-state index >= 15 is 0 Å². The molecule has 1 aromatic rings. The summed E-state index contributed by atoms with van der Waals surface area (Å²) >= 11 is 3.36. The first-order chi connectivity index (χ1) is 10.1. The summed E-state index contributed by atoms with van der Waals surface area (Å²) < 4.78 is 11.1. The van der Waals surface area contributed by atoms with Crippen LogP contribution in [-0.4, -0.2) is 50.6 Å². The molecule has 1 N–H and O–H groups in total. The van der Waals surface area contributed by atoms with Crippen molar-refractivity contribution in [2.45, 2.75) is 6.42 Å². The van der Waals surface area contributed by atoms with E-state index in [2.05, 4.69) is 21.2 Å². The molecule has 1 aliphatic heterocycles. The van der Waals surface area contributed by atoms with Crippen LogP contribution >= 0.6 is 15.9 Å². The fourth-order valence-electron chi connectivity index (χ4n) is 2.20. The number of hydrogen-bond acceptors (Lipinski definition) is 4. The molecule has 0 atom stereocenters. The van der Waals surface area contributed by atoms with Gasteiger partial charge in [-0.25, -0.2) is 0 Å². The maximum atomic E-state index is 12.7. The fourth-order valence-corrected chi connectivity index (χ4v) is 2.80. The SMILES string of the molecule is COc1cc(Br)c(OC)c(C(=O)N2CCCNC(=O)C2)c1. The maximum absolute atomic E-state index is 12.7. The molecular weight excluding hydrogens is 340 g/mol. The van der Waals surface area contributed by atoms with Crippen LogP contribution in [0.15, 0.2) is 16.6 Å². The average molecular weight is 357 g/mol. The van der Waals surface area contributed by atoms with Crippen molar-refractivity contribution < 1.29 is 19.1 Å². The Morgan fingerprint density at radius 3 is 2.76 bits per heavy atom. The van der Waals surface area contributed by atoms with Gasteiger partial charge in [0.25, 0.3) is 5.91 Å². The molecule has 1 fully saturated rings. The lowest BCUT2D eigenvalue weighted by Gasteiger charge is -2.21. The number of methoxy groups -OCH3 is 2. The number of nitrogens with zero attached hydrogens (tertiary/aromatic N) is 1. The summed E-state index contributed by atoms with van der Waals surface area (Å²) in [5.41, 5.74) is 0.374. The monoisotopic (exact) mass is 356 g/mol. The van der Waals surface area contributed by atoms with E-state index in [1.54, 1.807) is 12.1 Å². The number of hydrogen-bond donors (Lipinski definition) is 1. The summed E-state index contributed by atoms with van der Waals surface area (Å²) in [6, 6.07) is 3.35. The zero-order valence-electron chi connectivity index (χ0n) is 11.9. The van der Waals surface area contributed by atoms with Gasteiger partial charge in [0.15, 0.2) is 0 Å². The zero-order valence-corrected chi connectivity index (χ0v) is 13.5. The quantitative estimate of drug-likeness (QED) is 0.889. The van der Waals surface area contributed by atoms with Crippen molar-refractivity contribution in [3.63, 3.8) is 0 Å². The van der Waals surface area contributed by atoms with Crippen LogP contribution in [0.5, 0.6) is 11.5 Å². The van der Waals surface area contributed by atoms with Gasteiger partial charge in [-0.15, -0.1) is 0 Å². The second-order valence-electron chi connectivity index (χ2n) is 4.62. The third-order valence-corrected chi connectivity index (χ3v) is 3.83. The molecule has 0 unspecified atom stereocenters. The van der Waals surface area contributed by atoms with E-state index in [-0.39, 0.29) is 18.4 Å². The van der Waals surface area contributed by atoms with E-state index in [4.69, 9.17) is 9.47 Å². The molecular formula is C14H17BrN2O4. The largest absolute Gasteiger partial charge is 0.497 e. The second kappa shape index (κ2) is 6.80. The molecule has 1 saturated heterocycles. The van der Waals surface area contributed by atoms with Crippen molar-refractivity contribution in [2.75, 3.05) is 33.9 Å². The fraction of sp³-hybridized carbons (Fsp3) is 0.429. The van der Waals surface area contributed by atoms with Crippen LogP contribution in [0.25, 0.3) is 0 Å². The first kappa shape index (κ1) is 15.6. The molecule has 7 heteroatoms. The van der Waals surface area contributed by atoms with Crippen LogP contribution in [0.1, 0.15) is 16.8 Å². The summed E-state index contributed by atoms with van der Waals surface area (Å²) in [7, 11) is 3.03. The number of ether oxygens (including phenoxy) is 2. The van der Waals surface area contributed by atoms with Gasteiger partial charge in [0, 0.05) is 13.1 Å². The van der Waals surface area contributed by atoms with Crippen LogP contribution in [0.4, 0.5) is 0 Å². The minimum Gasteiger partial charge on any atom is -0.497 e. The van der Waals surface area contributed by atoms with Gasteiger partial charge in [-0.2, -0.15) is 0 Å². The van der Waals surface area contributed by atoms with Crippen LogP contribution in [0.2, 0.25) is 0 Å². The number of nitrogens with one attached hydrogen (secondary N) is 1. The summed E-state index contributed by atoms with van der Waals surface area (Å²) in [5, 5.41) is 2.75. The van der Waals surface area contributed by atoms with Gasteiger partial charge < -0.3 is 19.7 Å². The number of carbonyl (C=O) groups is 2. The minimum absolute atomic E-state index is 0.0524. The molecule has 114 valence electrons. The molecule has 0 aliphatic carbocycles. The van der Waals surface area contributed by atoms with Gasteiger partial charge >= 0.3 is 0 Å². The summed E-state index contributed by atoms with van der Waals surface area (Å²) in [5.74, 6) is 0.584. The molecule has 1 aliphatic rings. The van der Waals surface area contributed by atoms with Gasteiger partial charge in [-0.1, -0.05) is 0 Å². The topological polar surface area (TPSA) is 67.9 Å². The molecule has 0 saturated carbocycles. The number of amides is 2. The van der Waals surface area contributed by atoms with Crippen LogP contribution < -0.4 is 14.8 Å². The Morgan fingerprint density at radius 1 is 1.33 bits per heavy atom. The van der Waals surface area contributed by atoms with E-state index in [1.165, 1.54) is 19.1 Å². The van der Waals surface area contributed by atoms with E-state index in [0.29, 0.717) is 34.6 Å². The molecule has 0 bridgehead atoms. The average Bonchev–Trinajstić information content (AvgIpc) is 2.70. The van der Waals surface area contributed by atoms with Crippen LogP contribution in [0.3, 0.4) is 0 Å². The first-order valence-corrected chi connectivity index (χ1v) is 7.33. The van der Waals surface area contributed by atoms with Gasteiger partial charge in [0.2, 0.25) is 5.91 Å². The molecule has 21 heavy (non-hydrogen) atoms. The Morgan fingerprint density at radius 2 is 2.10 bits per heavy atom. The van der Waals surface area contributed by atoms with Gasteiger partial charge in [0.1, 0.15) is 11.5 Å². The Kier molecular flexibility index (Phi) is 5.06. The van der Waals surface area contributed by atoms with E-state index in [1.807, 2.05) is 0 Å². The number of halogens is 1. The summed E-state index contributed by atoms with van der Waals surface area (Å²) in [4.78, 5) is 25.8. The highest BCUT2D eigenvalue weighted by atomic mass is 79.9. The Bertz CT molecular complexity index is 562. The van der Waals surface area contributed by atoms with E-state index in [9.17, 15) is 9.59 Å². The highest BCUT2D eigenvalue weighted by Crippen LogP contribution is 2.34. The van der Waals surface area contributed by atoms with Gasteiger partial charge in [-0.3, -0.25) is 9.59 Å².